The second-order valence-electron chi connectivity index (χ2n) is 8.07. The van der Waals surface area contributed by atoms with Crippen LogP contribution in [0.15, 0.2) is 75.8 Å². The van der Waals surface area contributed by atoms with Crippen LogP contribution in [-0.2, 0) is 10.1 Å². The normalized spacial score (nSPS) is 11.7. The zero-order valence-corrected chi connectivity index (χ0v) is 22.4. The Morgan fingerprint density at radius 3 is 2.50 bits per heavy atom. The predicted octanol–water partition coefficient (Wildman–Crippen LogP) is 7.47. The molecule has 0 aromatic heterocycles. The zero-order valence-electron chi connectivity index (χ0n) is 20.1. The molecule has 9 nitrogen and oxygen atoms in total. The van der Waals surface area contributed by atoms with Crippen molar-refractivity contribution in [1.82, 2.24) is 0 Å². The molecule has 3 N–H and O–H groups in total. The van der Waals surface area contributed by atoms with E-state index in [0.29, 0.717) is 33.8 Å². The molecule has 0 saturated carbocycles. The Hall–Kier alpha value is -3.70. The molecule has 4 aromatic carbocycles. The first kappa shape index (κ1) is 27.3. The van der Waals surface area contributed by atoms with Crippen LogP contribution >= 0.6 is 23.2 Å². The largest absolute Gasteiger partial charge is 0.505 e. The van der Waals surface area contributed by atoms with Crippen LogP contribution in [0.2, 0.25) is 10.0 Å². The Labute approximate surface area is 228 Å². The molecule has 12 heteroatoms. The lowest BCUT2D eigenvalue weighted by molar-refractivity contribution is 0.102. The number of carbonyl (C=O) groups excluding carboxylic acids is 1. The first-order valence-electron chi connectivity index (χ1n) is 11.2. The van der Waals surface area contributed by atoms with E-state index in [9.17, 15) is 22.9 Å². The Balaban J connectivity index is 1.83. The molecule has 0 unspecified atom stereocenters. The van der Waals surface area contributed by atoms with Crippen molar-refractivity contribution in [1.29, 1.82) is 0 Å². The number of aromatic hydroxyl groups is 1. The summed E-state index contributed by atoms with van der Waals surface area (Å²) in [7, 11) is -4.70. The standard InChI is InChI=1S/C26H21Cl2N3O6S/c1-3-37-22-13-16(27)8-10-20(22)29-26(33)18-12-15-6-4-5-7-17(15)23(24(18)32)31-30-21-11-9-19(28)14(2)25(21)38(34,35)36/h4-13,32H,3H2,1-2H3,(H,29,33)(H,34,35,36). The zero-order chi connectivity index (χ0) is 27.6. The van der Waals surface area contributed by atoms with Gasteiger partial charge in [0.05, 0.1) is 17.9 Å². The van der Waals surface area contributed by atoms with Crippen molar-refractivity contribution in [2.24, 2.45) is 10.2 Å². The van der Waals surface area contributed by atoms with Gasteiger partial charge >= 0.3 is 0 Å². The number of carbonyl (C=O) groups is 1. The summed E-state index contributed by atoms with van der Waals surface area (Å²) >= 11 is 12.1. The van der Waals surface area contributed by atoms with Crippen LogP contribution in [0.5, 0.6) is 11.5 Å². The smallest absolute Gasteiger partial charge is 0.297 e. The van der Waals surface area contributed by atoms with Crippen LogP contribution in [0, 0.1) is 6.92 Å². The fraction of sp³-hybridized carbons (Fsp3) is 0.115. The summed E-state index contributed by atoms with van der Waals surface area (Å²) in [6, 6.07) is 15.7. The third kappa shape index (κ3) is 5.58. The molecule has 0 heterocycles. The van der Waals surface area contributed by atoms with Crippen LogP contribution in [0.3, 0.4) is 0 Å². The lowest BCUT2D eigenvalue weighted by Crippen LogP contribution is -2.13. The quantitative estimate of drug-likeness (QED) is 0.155. The molecule has 0 aliphatic heterocycles. The highest BCUT2D eigenvalue weighted by atomic mass is 35.5. The molecule has 0 bridgehead atoms. The minimum atomic E-state index is -4.70. The molecule has 0 saturated heterocycles. The second-order valence-corrected chi connectivity index (χ2v) is 10.3. The van der Waals surface area contributed by atoms with Crippen molar-refractivity contribution in [2.75, 3.05) is 11.9 Å². The molecule has 0 aliphatic carbocycles. The van der Waals surface area contributed by atoms with Gasteiger partial charge in [0.15, 0.2) is 5.75 Å². The van der Waals surface area contributed by atoms with Crippen LogP contribution in [0.4, 0.5) is 17.1 Å². The Bertz CT molecular complexity index is 1710. The van der Waals surface area contributed by atoms with Gasteiger partial charge in [-0.05, 0) is 55.1 Å². The van der Waals surface area contributed by atoms with E-state index in [2.05, 4.69) is 15.5 Å². The summed E-state index contributed by atoms with van der Waals surface area (Å²) in [5, 5.41) is 23.4. The van der Waals surface area contributed by atoms with Crippen LogP contribution in [0.25, 0.3) is 10.8 Å². The number of hydrogen-bond donors (Lipinski definition) is 3. The number of halogens is 2. The molecule has 0 aliphatic rings. The molecule has 4 rings (SSSR count). The number of nitrogens with one attached hydrogen (secondary N) is 1. The number of azo groups is 1. The van der Waals surface area contributed by atoms with Crippen molar-refractivity contribution in [3.8, 4) is 11.5 Å². The Morgan fingerprint density at radius 2 is 1.79 bits per heavy atom. The fourth-order valence-electron chi connectivity index (χ4n) is 3.82. The molecule has 0 atom stereocenters. The average molecular weight is 574 g/mol. The van der Waals surface area contributed by atoms with E-state index in [1.54, 1.807) is 49.4 Å². The molecule has 1 amide bonds. The average Bonchev–Trinajstić information content (AvgIpc) is 2.86. The second kappa shape index (κ2) is 11.0. The molecule has 0 fully saturated rings. The number of amides is 1. The summed E-state index contributed by atoms with van der Waals surface area (Å²) in [5.41, 5.74) is 0.0307. The minimum absolute atomic E-state index is 0.0803. The summed E-state index contributed by atoms with van der Waals surface area (Å²) in [6.07, 6.45) is 0. The van der Waals surface area contributed by atoms with E-state index in [-0.39, 0.29) is 27.5 Å². The number of phenolic OH excluding ortho intramolecular Hbond substituents is 1. The number of rotatable bonds is 7. The van der Waals surface area contributed by atoms with Crippen LogP contribution in [0.1, 0.15) is 22.8 Å². The predicted molar refractivity (Wildman–Crippen MR) is 146 cm³/mol. The number of fused-ring (bicyclic) bond motifs is 1. The maximum absolute atomic E-state index is 13.3. The first-order valence-corrected chi connectivity index (χ1v) is 13.4. The van der Waals surface area contributed by atoms with Gasteiger partial charge in [-0.15, -0.1) is 10.2 Å². The molecule has 4 aromatic rings. The van der Waals surface area contributed by atoms with E-state index in [1.165, 1.54) is 25.1 Å². The van der Waals surface area contributed by atoms with Gasteiger partial charge in [-0.2, -0.15) is 8.42 Å². The minimum Gasteiger partial charge on any atom is -0.505 e. The lowest BCUT2D eigenvalue weighted by Gasteiger charge is -2.14. The third-order valence-electron chi connectivity index (χ3n) is 5.57. The van der Waals surface area contributed by atoms with Gasteiger partial charge in [-0.25, -0.2) is 0 Å². The van der Waals surface area contributed by atoms with Crippen molar-refractivity contribution in [3.63, 3.8) is 0 Å². The lowest BCUT2D eigenvalue weighted by atomic mass is 10.0. The van der Waals surface area contributed by atoms with E-state index in [0.717, 1.165) is 0 Å². The summed E-state index contributed by atoms with van der Waals surface area (Å²) in [5.74, 6) is -0.797. The van der Waals surface area contributed by atoms with Gasteiger partial charge in [0.25, 0.3) is 16.0 Å². The number of ether oxygens (including phenoxy) is 1. The molecule has 0 spiro atoms. The summed E-state index contributed by atoms with van der Waals surface area (Å²) < 4.78 is 39.3. The van der Waals surface area contributed by atoms with Crippen molar-refractivity contribution < 1.29 is 27.6 Å². The molecule has 0 radical (unpaired) electrons. The number of phenols is 1. The topological polar surface area (TPSA) is 138 Å². The number of benzene rings is 4. The van der Waals surface area contributed by atoms with Crippen LogP contribution < -0.4 is 10.1 Å². The number of nitrogens with zero attached hydrogens (tertiary/aromatic N) is 2. The molecule has 196 valence electrons. The fourth-order valence-corrected chi connectivity index (χ4v) is 5.06. The summed E-state index contributed by atoms with van der Waals surface area (Å²) in [4.78, 5) is 12.7. The Morgan fingerprint density at radius 1 is 1.05 bits per heavy atom. The summed E-state index contributed by atoms with van der Waals surface area (Å²) in [6.45, 7) is 3.54. The monoisotopic (exact) mass is 573 g/mol. The van der Waals surface area contributed by atoms with Crippen LogP contribution in [-0.4, -0.2) is 30.6 Å². The van der Waals surface area contributed by atoms with E-state index in [1.807, 2.05) is 0 Å². The van der Waals surface area contributed by atoms with Gasteiger partial charge in [-0.1, -0.05) is 47.5 Å². The first-order chi connectivity index (χ1) is 18.0. The van der Waals surface area contributed by atoms with Gasteiger partial charge in [0.2, 0.25) is 0 Å². The van der Waals surface area contributed by atoms with Crippen molar-refractivity contribution in [2.45, 2.75) is 18.7 Å². The Kier molecular flexibility index (Phi) is 7.89. The maximum atomic E-state index is 13.3. The van der Waals surface area contributed by atoms with E-state index in [4.69, 9.17) is 27.9 Å². The van der Waals surface area contributed by atoms with Crippen molar-refractivity contribution in [3.05, 3.63) is 81.8 Å². The van der Waals surface area contributed by atoms with E-state index >= 15 is 0 Å². The highest BCUT2D eigenvalue weighted by Gasteiger charge is 2.22. The molecular weight excluding hydrogens is 553 g/mol. The van der Waals surface area contributed by atoms with E-state index < -0.39 is 26.7 Å². The SMILES string of the molecule is CCOc1cc(Cl)ccc1NC(=O)c1cc2ccccc2c(N=Nc2ccc(Cl)c(C)c2S(=O)(=O)O)c1O. The van der Waals surface area contributed by atoms with Crippen molar-refractivity contribution >= 4 is 67.1 Å². The van der Waals surface area contributed by atoms with Gasteiger partial charge in [0.1, 0.15) is 22.0 Å². The molecule has 38 heavy (non-hydrogen) atoms. The van der Waals surface area contributed by atoms with Gasteiger partial charge in [0, 0.05) is 21.5 Å². The van der Waals surface area contributed by atoms with Gasteiger partial charge < -0.3 is 15.2 Å². The maximum Gasteiger partial charge on any atom is 0.297 e. The number of hydrogen-bond acceptors (Lipinski definition) is 7. The molecular formula is C26H21Cl2N3O6S. The number of anilines is 1. The highest BCUT2D eigenvalue weighted by molar-refractivity contribution is 7.86. The third-order valence-corrected chi connectivity index (χ3v) is 7.24. The van der Waals surface area contributed by atoms with Gasteiger partial charge in [-0.3, -0.25) is 9.35 Å². The highest BCUT2D eigenvalue weighted by Crippen LogP contribution is 2.41.